The first kappa shape index (κ1) is 17.5. The fraction of sp³-hybridized carbons (Fsp3) is 0.929. The van der Waals surface area contributed by atoms with Crippen LogP contribution in [0.25, 0.3) is 0 Å². The fourth-order valence-corrected chi connectivity index (χ4v) is 3.19. The molecule has 0 aromatic rings. The summed E-state index contributed by atoms with van der Waals surface area (Å²) in [5, 5.41) is 0. The molecule has 0 aromatic heterocycles. The standard InChI is InChI=1S/C14H23F4N3O/c15-11(16)14(17,18)10-20-6-8-21(9-7-20)12(22)13(19)4-2-1-3-5-13/h11H,1-10,19H2. The summed E-state index contributed by atoms with van der Waals surface area (Å²) in [7, 11) is 0. The van der Waals surface area contributed by atoms with Gasteiger partial charge in [-0.1, -0.05) is 19.3 Å². The van der Waals surface area contributed by atoms with Gasteiger partial charge in [-0.2, -0.15) is 8.78 Å². The van der Waals surface area contributed by atoms with E-state index in [0.29, 0.717) is 12.8 Å². The van der Waals surface area contributed by atoms with Gasteiger partial charge in [-0.05, 0) is 12.8 Å². The van der Waals surface area contributed by atoms with Crippen molar-refractivity contribution in [3.05, 3.63) is 0 Å². The Bertz CT molecular complexity index is 392. The average molecular weight is 325 g/mol. The van der Waals surface area contributed by atoms with Crippen molar-refractivity contribution in [2.75, 3.05) is 32.7 Å². The van der Waals surface area contributed by atoms with Crippen LogP contribution >= 0.6 is 0 Å². The minimum atomic E-state index is -4.01. The molecule has 0 bridgehead atoms. The third-order valence-electron chi connectivity index (χ3n) is 4.58. The van der Waals surface area contributed by atoms with Crippen LogP contribution in [-0.4, -0.2) is 66.3 Å². The van der Waals surface area contributed by atoms with Crippen LogP contribution in [0.5, 0.6) is 0 Å². The van der Waals surface area contributed by atoms with Gasteiger partial charge in [-0.25, -0.2) is 8.78 Å². The first-order valence-electron chi connectivity index (χ1n) is 7.71. The minimum Gasteiger partial charge on any atom is -0.339 e. The number of carbonyl (C=O) groups excluding carboxylic acids is 1. The van der Waals surface area contributed by atoms with E-state index in [4.69, 9.17) is 5.73 Å². The molecule has 1 saturated heterocycles. The highest BCUT2D eigenvalue weighted by atomic mass is 19.3. The Morgan fingerprint density at radius 2 is 1.64 bits per heavy atom. The number of carbonyl (C=O) groups is 1. The quantitative estimate of drug-likeness (QED) is 0.800. The van der Waals surface area contributed by atoms with Gasteiger partial charge in [0.25, 0.3) is 0 Å². The van der Waals surface area contributed by atoms with Crippen molar-refractivity contribution in [3.63, 3.8) is 0 Å². The third-order valence-corrected chi connectivity index (χ3v) is 4.58. The molecule has 4 nitrogen and oxygen atoms in total. The van der Waals surface area contributed by atoms with Gasteiger partial charge < -0.3 is 10.6 Å². The number of halogens is 4. The molecule has 2 N–H and O–H groups in total. The van der Waals surface area contributed by atoms with Crippen LogP contribution in [0.1, 0.15) is 32.1 Å². The van der Waals surface area contributed by atoms with Crippen molar-refractivity contribution in [1.82, 2.24) is 9.80 Å². The number of nitrogens with zero attached hydrogens (tertiary/aromatic N) is 2. The maximum atomic E-state index is 13.0. The van der Waals surface area contributed by atoms with Crippen molar-refractivity contribution in [2.45, 2.75) is 50.0 Å². The number of piperazine rings is 1. The molecule has 1 heterocycles. The van der Waals surface area contributed by atoms with Crippen LogP contribution in [0.15, 0.2) is 0 Å². The molecule has 0 atom stereocenters. The lowest BCUT2D eigenvalue weighted by atomic mass is 9.81. The molecule has 2 fully saturated rings. The maximum Gasteiger partial charge on any atom is 0.319 e. The molecular weight excluding hydrogens is 302 g/mol. The van der Waals surface area contributed by atoms with Gasteiger partial charge in [-0.15, -0.1) is 0 Å². The molecule has 1 amide bonds. The average Bonchev–Trinajstić information content (AvgIpc) is 2.47. The van der Waals surface area contributed by atoms with Crippen LogP contribution in [0.2, 0.25) is 0 Å². The van der Waals surface area contributed by atoms with E-state index >= 15 is 0 Å². The molecule has 1 saturated carbocycles. The van der Waals surface area contributed by atoms with Crippen LogP contribution in [0, 0.1) is 0 Å². The smallest absolute Gasteiger partial charge is 0.319 e. The number of amides is 1. The summed E-state index contributed by atoms with van der Waals surface area (Å²) in [6.07, 6.45) is 0.543. The summed E-state index contributed by atoms with van der Waals surface area (Å²) in [4.78, 5) is 15.4. The van der Waals surface area contributed by atoms with Crippen LogP contribution in [0.3, 0.4) is 0 Å². The predicted octanol–water partition coefficient (Wildman–Crippen LogP) is 1.69. The second-order valence-corrected chi connectivity index (χ2v) is 6.35. The highest BCUT2D eigenvalue weighted by molar-refractivity contribution is 5.86. The first-order chi connectivity index (χ1) is 10.2. The Hall–Kier alpha value is -0.890. The lowest BCUT2D eigenvalue weighted by Gasteiger charge is -2.41. The molecule has 1 aliphatic carbocycles. The van der Waals surface area contributed by atoms with E-state index in [0.717, 1.165) is 19.3 Å². The van der Waals surface area contributed by atoms with E-state index < -0.39 is 24.4 Å². The number of hydrogen-bond acceptors (Lipinski definition) is 3. The summed E-state index contributed by atoms with van der Waals surface area (Å²) in [5.41, 5.74) is 5.35. The van der Waals surface area contributed by atoms with Gasteiger partial charge in [0, 0.05) is 26.2 Å². The highest BCUT2D eigenvalue weighted by Crippen LogP contribution is 2.29. The van der Waals surface area contributed by atoms with E-state index in [9.17, 15) is 22.4 Å². The molecule has 0 unspecified atom stereocenters. The van der Waals surface area contributed by atoms with Crippen LogP contribution in [0.4, 0.5) is 17.6 Å². The van der Waals surface area contributed by atoms with Crippen molar-refractivity contribution in [3.8, 4) is 0 Å². The van der Waals surface area contributed by atoms with E-state index in [1.165, 1.54) is 4.90 Å². The molecule has 128 valence electrons. The number of hydrogen-bond donors (Lipinski definition) is 1. The second kappa shape index (κ2) is 6.70. The van der Waals surface area contributed by atoms with Gasteiger partial charge >= 0.3 is 12.3 Å². The molecule has 22 heavy (non-hydrogen) atoms. The predicted molar refractivity (Wildman–Crippen MR) is 74.0 cm³/mol. The Kier molecular flexibility index (Phi) is 5.32. The first-order valence-corrected chi connectivity index (χ1v) is 7.71. The fourth-order valence-electron chi connectivity index (χ4n) is 3.19. The largest absolute Gasteiger partial charge is 0.339 e. The zero-order valence-corrected chi connectivity index (χ0v) is 12.5. The number of alkyl halides is 4. The zero-order chi connectivity index (χ0) is 16.4. The number of rotatable bonds is 4. The topological polar surface area (TPSA) is 49.6 Å². The van der Waals surface area contributed by atoms with Crippen LogP contribution < -0.4 is 5.73 Å². The molecule has 0 radical (unpaired) electrons. The van der Waals surface area contributed by atoms with Crippen molar-refractivity contribution in [2.24, 2.45) is 5.73 Å². The Morgan fingerprint density at radius 1 is 1.09 bits per heavy atom. The maximum absolute atomic E-state index is 13.0. The highest BCUT2D eigenvalue weighted by Gasteiger charge is 2.44. The van der Waals surface area contributed by atoms with Gasteiger partial charge in [0.2, 0.25) is 5.91 Å². The lowest BCUT2D eigenvalue weighted by Crippen LogP contribution is -2.61. The lowest BCUT2D eigenvalue weighted by molar-refractivity contribution is -0.150. The minimum absolute atomic E-state index is 0.132. The molecular formula is C14H23F4N3O. The molecule has 8 heteroatoms. The zero-order valence-electron chi connectivity index (χ0n) is 12.5. The van der Waals surface area contributed by atoms with Gasteiger partial charge in [-0.3, -0.25) is 9.69 Å². The van der Waals surface area contributed by atoms with Gasteiger partial charge in [0.1, 0.15) is 0 Å². The summed E-state index contributed by atoms with van der Waals surface area (Å²) in [5.74, 6) is -4.14. The van der Waals surface area contributed by atoms with E-state index in [2.05, 4.69) is 0 Å². The van der Waals surface area contributed by atoms with E-state index in [-0.39, 0.29) is 32.1 Å². The van der Waals surface area contributed by atoms with E-state index in [1.807, 2.05) is 0 Å². The van der Waals surface area contributed by atoms with Gasteiger partial charge in [0.05, 0.1) is 12.1 Å². The van der Waals surface area contributed by atoms with Gasteiger partial charge in [0.15, 0.2) is 0 Å². The molecule has 2 aliphatic rings. The SMILES string of the molecule is NC1(C(=O)N2CCN(CC(F)(F)C(F)F)CC2)CCCCC1. The van der Waals surface area contributed by atoms with Crippen molar-refractivity contribution < 1.29 is 22.4 Å². The Morgan fingerprint density at radius 3 is 2.14 bits per heavy atom. The summed E-state index contributed by atoms with van der Waals surface area (Å²) < 4.78 is 50.5. The molecule has 0 aromatic carbocycles. The third kappa shape index (κ3) is 3.90. The summed E-state index contributed by atoms with van der Waals surface area (Å²) >= 11 is 0. The van der Waals surface area contributed by atoms with Crippen LogP contribution in [-0.2, 0) is 4.79 Å². The Labute approximate surface area is 127 Å². The molecule has 0 spiro atoms. The number of nitrogens with two attached hydrogens (primary N) is 1. The van der Waals surface area contributed by atoms with Crippen molar-refractivity contribution in [1.29, 1.82) is 0 Å². The van der Waals surface area contributed by atoms with E-state index in [1.54, 1.807) is 4.90 Å². The molecule has 2 rings (SSSR count). The summed E-state index contributed by atoms with van der Waals surface area (Å²) in [6.45, 7) is -0.108. The molecule has 1 aliphatic heterocycles. The van der Waals surface area contributed by atoms with Crippen molar-refractivity contribution >= 4 is 5.91 Å². The monoisotopic (exact) mass is 325 g/mol. The normalized spacial score (nSPS) is 23.8. The second-order valence-electron chi connectivity index (χ2n) is 6.35. The summed E-state index contributed by atoms with van der Waals surface area (Å²) in [6, 6.07) is 0. The Balaban J connectivity index is 1.85.